The summed E-state index contributed by atoms with van der Waals surface area (Å²) in [4.78, 5) is 21.1. The van der Waals surface area contributed by atoms with Crippen LogP contribution in [0.25, 0.3) is 6.08 Å². The summed E-state index contributed by atoms with van der Waals surface area (Å²) in [6, 6.07) is 22.8. The number of hydrogen-bond donors (Lipinski definition) is 3. The van der Waals surface area contributed by atoms with Crippen LogP contribution in [0.3, 0.4) is 0 Å². The highest BCUT2D eigenvalue weighted by molar-refractivity contribution is 6.02. The molecule has 0 unspecified atom stereocenters. The summed E-state index contributed by atoms with van der Waals surface area (Å²) in [6.45, 7) is 1.89. The number of anilines is 5. The number of aromatic nitrogens is 2. The quantitative estimate of drug-likeness (QED) is 0.271. The van der Waals surface area contributed by atoms with Crippen LogP contribution in [0, 0.1) is 12.7 Å². The van der Waals surface area contributed by atoms with Crippen molar-refractivity contribution in [1.82, 2.24) is 9.97 Å². The van der Waals surface area contributed by atoms with E-state index in [-0.39, 0.29) is 11.7 Å². The molecule has 0 saturated carbocycles. The number of methoxy groups -OCH3 is 1. The number of carbonyl (C=O) groups is 1. The van der Waals surface area contributed by atoms with Crippen molar-refractivity contribution in [3.8, 4) is 5.75 Å². The van der Waals surface area contributed by atoms with Gasteiger partial charge in [-0.25, -0.2) is 9.37 Å². The number of benzene rings is 3. The molecule has 0 atom stereocenters. The predicted molar refractivity (Wildman–Crippen MR) is 137 cm³/mol. The van der Waals surface area contributed by atoms with E-state index in [9.17, 15) is 9.18 Å². The highest BCUT2D eigenvalue weighted by Crippen LogP contribution is 2.22. The average molecular weight is 470 g/mol. The van der Waals surface area contributed by atoms with Gasteiger partial charge in [0.2, 0.25) is 11.9 Å². The summed E-state index contributed by atoms with van der Waals surface area (Å²) in [5, 5.41) is 9.18. The molecule has 0 aliphatic carbocycles. The maximum atomic E-state index is 13.7. The first kappa shape index (κ1) is 23.4. The second-order valence-corrected chi connectivity index (χ2v) is 7.62. The molecule has 0 radical (unpaired) electrons. The number of hydrogen-bond acceptors (Lipinski definition) is 6. The zero-order valence-electron chi connectivity index (χ0n) is 19.2. The summed E-state index contributed by atoms with van der Waals surface area (Å²) in [5.74, 6) is 1.12. The highest BCUT2D eigenvalue weighted by Gasteiger charge is 2.05. The minimum absolute atomic E-state index is 0.348. The Hall–Kier alpha value is -4.72. The van der Waals surface area contributed by atoms with Crippen molar-refractivity contribution >= 4 is 40.8 Å². The number of ether oxygens (including phenoxy) is 1. The summed E-state index contributed by atoms with van der Waals surface area (Å²) >= 11 is 0. The Kier molecular flexibility index (Phi) is 7.32. The zero-order valence-corrected chi connectivity index (χ0v) is 19.2. The van der Waals surface area contributed by atoms with E-state index in [4.69, 9.17) is 4.74 Å². The Morgan fingerprint density at radius 3 is 2.26 bits per heavy atom. The van der Waals surface area contributed by atoms with Crippen LogP contribution in [0.4, 0.5) is 33.2 Å². The summed E-state index contributed by atoms with van der Waals surface area (Å²) < 4.78 is 18.9. The van der Waals surface area contributed by atoms with E-state index in [1.807, 2.05) is 37.3 Å². The Morgan fingerprint density at radius 2 is 1.54 bits per heavy atom. The minimum atomic E-state index is -0.382. The van der Waals surface area contributed by atoms with E-state index >= 15 is 0 Å². The lowest BCUT2D eigenvalue weighted by Crippen LogP contribution is -2.07. The average Bonchev–Trinajstić information content (AvgIpc) is 2.85. The topological polar surface area (TPSA) is 88.2 Å². The monoisotopic (exact) mass is 469 g/mol. The summed E-state index contributed by atoms with van der Waals surface area (Å²) in [7, 11) is 1.62. The second-order valence-electron chi connectivity index (χ2n) is 7.62. The number of aryl methyl sites for hydroxylation is 1. The van der Waals surface area contributed by atoms with E-state index in [1.54, 1.807) is 49.6 Å². The third kappa shape index (κ3) is 6.64. The van der Waals surface area contributed by atoms with Gasteiger partial charge in [0, 0.05) is 40.5 Å². The molecule has 3 N–H and O–H groups in total. The van der Waals surface area contributed by atoms with Gasteiger partial charge in [-0.05, 0) is 67.6 Å². The number of rotatable bonds is 8. The van der Waals surface area contributed by atoms with Crippen molar-refractivity contribution < 1.29 is 13.9 Å². The molecule has 0 fully saturated rings. The molecule has 35 heavy (non-hydrogen) atoms. The van der Waals surface area contributed by atoms with Gasteiger partial charge in [-0.2, -0.15) is 4.98 Å². The molecule has 8 heteroatoms. The van der Waals surface area contributed by atoms with Crippen LogP contribution in [-0.4, -0.2) is 23.0 Å². The van der Waals surface area contributed by atoms with Gasteiger partial charge in [0.1, 0.15) is 17.4 Å². The molecule has 1 heterocycles. The number of amides is 1. The summed E-state index contributed by atoms with van der Waals surface area (Å²) in [6.07, 6.45) is 2.73. The molecule has 0 bridgehead atoms. The third-order valence-corrected chi connectivity index (χ3v) is 4.94. The van der Waals surface area contributed by atoms with Crippen LogP contribution in [-0.2, 0) is 4.79 Å². The molecule has 176 valence electrons. The first-order valence-corrected chi connectivity index (χ1v) is 10.9. The zero-order chi connectivity index (χ0) is 24.6. The molecule has 1 aromatic heterocycles. The molecule has 0 spiro atoms. The number of nitrogens with zero attached hydrogens (tertiary/aromatic N) is 2. The van der Waals surface area contributed by atoms with Crippen LogP contribution in [0.1, 0.15) is 11.3 Å². The van der Waals surface area contributed by atoms with Gasteiger partial charge in [-0.1, -0.05) is 18.2 Å². The normalized spacial score (nSPS) is 10.7. The Labute approximate surface area is 202 Å². The van der Waals surface area contributed by atoms with E-state index in [0.717, 1.165) is 22.8 Å². The summed E-state index contributed by atoms with van der Waals surface area (Å²) in [5.41, 5.74) is 3.38. The number of halogens is 1. The van der Waals surface area contributed by atoms with Crippen molar-refractivity contribution in [3.05, 3.63) is 102 Å². The van der Waals surface area contributed by atoms with Crippen LogP contribution in [0.15, 0.2) is 84.9 Å². The molecule has 7 nitrogen and oxygen atoms in total. The van der Waals surface area contributed by atoms with Crippen LogP contribution in [0.5, 0.6) is 5.75 Å². The molecule has 0 saturated heterocycles. The SMILES string of the molecule is COc1ccc(Nc2cc(C)nc(Nc3ccc(NC(=O)/C=C/c4ccccc4F)cc3)n2)cc1. The van der Waals surface area contributed by atoms with Gasteiger partial charge in [-0.15, -0.1) is 0 Å². The fourth-order valence-electron chi connectivity index (χ4n) is 3.24. The first-order chi connectivity index (χ1) is 17.0. The smallest absolute Gasteiger partial charge is 0.248 e. The van der Waals surface area contributed by atoms with Gasteiger partial charge in [0.25, 0.3) is 0 Å². The predicted octanol–water partition coefficient (Wildman–Crippen LogP) is 6.07. The first-order valence-electron chi connectivity index (χ1n) is 10.9. The van der Waals surface area contributed by atoms with Crippen molar-refractivity contribution in [2.45, 2.75) is 6.92 Å². The van der Waals surface area contributed by atoms with Gasteiger partial charge in [0.15, 0.2) is 0 Å². The molecule has 4 rings (SSSR count). The van der Waals surface area contributed by atoms with E-state index in [2.05, 4.69) is 25.9 Å². The molecular weight excluding hydrogens is 445 g/mol. The lowest BCUT2D eigenvalue weighted by atomic mass is 10.2. The fourth-order valence-corrected chi connectivity index (χ4v) is 3.24. The van der Waals surface area contributed by atoms with Gasteiger partial charge in [0.05, 0.1) is 7.11 Å². The lowest BCUT2D eigenvalue weighted by molar-refractivity contribution is -0.111. The van der Waals surface area contributed by atoms with E-state index < -0.39 is 0 Å². The molecule has 0 aliphatic rings. The standard InChI is InChI=1S/C27H24FN5O2/c1-18-17-25(30-20-12-14-23(35-2)15-13-20)33-27(29-18)32-22-10-8-21(9-11-22)31-26(34)16-7-19-5-3-4-6-24(19)28/h3-17H,1-2H3,(H,31,34)(H2,29,30,32,33)/b16-7+. The van der Waals surface area contributed by atoms with Crippen LogP contribution < -0.4 is 20.7 Å². The Bertz CT molecular complexity index is 1340. The van der Waals surface area contributed by atoms with Crippen molar-refractivity contribution in [1.29, 1.82) is 0 Å². The third-order valence-electron chi connectivity index (χ3n) is 4.94. The van der Waals surface area contributed by atoms with Crippen molar-refractivity contribution in [2.75, 3.05) is 23.1 Å². The molecule has 4 aromatic rings. The van der Waals surface area contributed by atoms with Crippen molar-refractivity contribution in [2.24, 2.45) is 0 Å². The van der Waals surface area contributed by atoms with E-state index in [0.29, 0.717) is 23.0 Å². The minimum Gasteiger partial charge on any atom is -0.497 e. The number of nitrogens with one attached hydrogen (secondary N) is 3. The van der Waals surface area contributed by atoms with Crippen molar-refractivity contribution in [3.63, 3.8) is 0 Å². The Balaban J connectivity index is 1.38. The fraction of sp³-hybridized carbons (Fsp3) is 0.0741. The van der Waals surface area contributed by atoms with E-state index in [1.165, 1.54) is 18.2 Å². The second kappa shape index (κ2) is 10.9. The Morgan fingerprint density at radius 1 is 0.886 bits per heavy atom. The van der Waals surface area contributed by atoms with Crippen LogP contribution in [0.2, 0.25) is 0 Å². The molecule has 3 aromatic carbocycles. The largest absolute Gasteiger partial charge is 0.497 e. The van der Waals surface area contributed by atoms with Gasteiger partial charge >= 0.3 is 0 Å². The molecule has 1 amide bonds. The number of carbonyl (C=O) groups excluding carboxylic acids is 1. The van der Waals surface area contributed by atoms with Gasteiger partial charge in [-0.3, -0.25) is 4.79 Å². The van der Waals surface area contributed by atoms with Crippen LogP contribution >= 0.6 is 0 Å². The van der Waals surface area contributed by atoms with Gasteiger partial charge < -0.3 is 20.7 Å². The molecular formula is C27H24FN5O2. The molecule has 0 aliphatic heterocycles. The lowest BCUT2D eigenvalue weighted by Gasteiger charge is -2.11. The maximum Gasteiger partial charge on any atom is 0.248 e. The maximum absolute atomic E-state index is 13.7. The highest BCUT2D eigenvalue weighted by atomic mass is 19.1.